The van der Waals surface area contributed by atoms with Crippen LogP contribution in [0.3, 0.4) is 0 Å². The molecular weight excluding hydrogens is 278 g/mol. The normalized spacial score (nSPS) is 11.0. The van der Waals surface area contributed by atoms with Crippen molar-refractivity contribution in [2.45, 2.75) is 19.9 Å². The summed E-state index contributed by atoms with van der Waals surface area (Å²) in [5, 5.41) is 10.8. The first-order valence-electron chi connectivity index (χ1n) is 7.05. The van der Waals surface area contributed by atoms with E-state index in [0.717, 1.165) is 22.0 Å². The number of benzene rings is 1. The van der Waals surface area contributed by atoms with Gasteiger partial charge in [-0.05, 0) is 37.6 Å². The van der Waals surface area contributed by atoms with E-state index in [1.165, 1.54) is 0 Å². The maximum Gasteiger partial charge on any atom is 0.252 e. The minimum atomic E-state index is -0.494. The number of aromatic amines is 1. The summed E-state index contributed by atoms with van der Waals surface area (Å²) in [6, 6.07) is 7.81. The van der Waals surface area contributed by atoms with Crippen LogP contribution in [-0.4, -0.2) is 27.1 Å². The summed E-state index contributed by atoms with van der Waals surface area (Å²) in [5.41, 5.74) is 8.66. The molecule has 0 saturated carbocycles. The molecular formula is C16H17N5O. The van der Waals surface area contributed by atoms with Crippen LogP contribution < -0.4 is 11.1 Å². The summed E-state index contributed by atoms with van der Waals surface area (Å²) >= 11 is 0. The highest BCUT2D eigenvalue weighted by Crippen LogP contribution is 2.26. The molecule has 0 aliphatic rings. The Morgan fingerprint density at radius 3 is 2.73 bits per heavy atom. The summed E-state index contributed by atoms with van der Waals surface area (Å²) in [6.45, 7) is 3.97. The number of aromatic nitrogens is 3. The molecule has 3 aromatic rings. The second-order valence-corrected chi connectivity index (χ2v) is 5.44. The summed E-state index contributed by atoms with van der Waals surface area (Å²) in [6.07, 6.45) is 3.57. The highest BCUT2D eigenvalue weighted by atomic mass is 16.1. The largest absolute Gasteiger partial charge is 0.367 e. The van der Waals surface area contributed by atoms with Crippen LogP contribution in [0.2, 0.25) is 0 Å². The van der Waals surface area contributed by atoms with Crippen LogP contribution in [0.5, 0.6) is 0 Å². The Balaban J connectivity index is 2.15. The first-order chi connectivity index (χ1) is 10.5. The molecule has 0 aliphatic carbocycles. The molecule has 0 aliphatic heterocycles. The molecule has 0 spiro atoms. The summed E-state index contributed by atoms with van der Waals surface area (Å²) in [7, 11) is 0. The van der Waals surface area contributed by atoms with E-state index in [1.54, 1.807) is 12.3 Å². The lowest BCUT2D eigenvalue weighted by atomic mass is 10.0. The number of primary amides is 1. The van der Waals surface area contributed by atoms with Gasteiger partial charge in [0.15, 0.2) is 0 Å². The standard InChI is InChI=1S/C16H17N5O/c1-9(2)20-16-13(15(17)22)6-11-5-10(3-4-14(11)21-16)12-7-18-19-8-12/h3-9H,1-2H3,(H2,17,22)(H,18,19)(H,20,21). The molecule has 0 saturated heterocycles. The van der Waals surface area contributed by atoms with Crippen LogP contribution in [0.1, 0.15) is 24.2 Å². The third kappa shape index (κ3) is 2.63. The number of fused-ring (bicyclic) bond motifs is 1. The number of rotatable bonds is 4. The predicted molar refractivity (Wildman–Crippen MR) is 86.6 cm³/mol. The average molecular weight is 295 g/mol. The molecule has 1 amide bonds. The molecule has 1 aromatic carbocycles. The zero-order valence-corrected chi connectivity index (χ0v) is 12.4. The van der Waals surface area contributed by atoms with Crippen LogP contribution in [0, 0.1) is 0 Å². The van der Waals surface area contributed by atoms with Gasteiger partial charge in [0.1, 0.15) is 5.82 Å². The second-order valence-electron chi connectivity index (χ2n) is 5.44. The quantitative estimate of drug-likeness (QED) is 0.689. The van der Waals surface area contributed by atoms with Gasteiger partial charge in [-0.15, -0.1) is 0 Å². The molecule has 3 rings (SSSR count). The van der Waals surface area contributed by atoms with E-state index in [0.29, 0.717) is 11.4 Å². The van der Waals surface area contributed by atoms with E-state index >= 15 is 0 Å². The lowest BCUT2D eigenvalue weighted by Gasteiger charge is -2.13. The number of anilines is 1. The fourth-order valence-electron chi connectivity index (χ4n) is 2.34. The van der Waals surface area contributed by atoms with Crippen molar-refractivity contribution in [1.82, 2.24) is 15.2 Å². The molecule has 112 valence electrons. The van der Waals surface area contributed by atoms with Crippen LogP contribution in [0.25, 0.3) is 22.0 Å². The fraction of sp³-hybridized carbons (Fsp3) is 0.188. The van der Waals surface area contributed by atoms with Crippen LogP contribution >= 0.6 is 0 Å². The number of carbonyl (C=O) groups is 1. The van der Waals surface area contributed by atoms with Crippen molar-refractivity contribution in [1.29, 1.82) is 0 Å². The van der Waals surface area contributed by atoms with Crippen molar-refractivity contribution >= 4 is 22.6 Å². The van der Waals surface area contributed by atoms with Crippen LogP contribution in [0.4, 0.5) is 5.82 Å². The first kappa shape index (κ1) is 14.1. The third-order valence-corrected chi connectivity index (χ3v) is 3.34. The number of hydrogen-bond donors (Lipinski definition) is 3. The fourth-order valence-corrected chi connectivity index (χ4v) is 2.34. The Hall–Kier alpha value is -2.89. The molecule has 6 heteroatoms. The number of carbonyl (C=O) groups excluding carboxylic acids is 1. The lowest BCUT2D eigenvalue weighted by molar-refractivity contribution is 0.100. The SMILES string of the molecule is CC(C)Nc1nc2ccc(-c3cn[nH]c3)cc2cc1C(N)=O. The highest BCUT2D eigenvalue weighted by Gasteiger charge is 2.13. The molecule has 0 unspecified atom stereocenters. The second kappa shape index (κ2) is 5.48. The van der Waals surface area contributed by atoms with Crippen molar-refractivity contribution in [2.24, 2.45) is 5.73 Å². The van der Waals surface area contributed by atoms with Crippen molar-refractivity contribution in [3.63, 3.8) is 0 Å². The monoisotopic (exact) mass is 295 g/mol. The summed E-state index contributed by atoms with van der Waals surface area (Å²) in [4.78, 5) is 16.2. The molecule has 0 bridgehead atoms. The van der Waals surface area contributed by atoms with Crippen LogP contribution in [-0.2, 0) is 0 Å². The number of nitrogens with one attached hydrogen (secondary N) is 2. The minimum Gasteiger partial charge on any atom is -0.367 e. The van der Waals surface area contributed by atoms with Crippen molar-refractivity contribution < 1.29 is 4.79 Å². The Morgan fingerprint density at radius 1 is 1.27 bits per heavy atom. The Labute approximate surface area is 127 Å². The number of amides is 1. The summed E-state index contributed by atoms with van der Waals surface area (Å²) in [5.74, 6) is 0.0253. The molecule has 2 heterocycles. The minimum absolute atomic E-state index is 0.160. The molecule has 6 nitrogen and oxygen atoms in total. The van der Waals surface area contributed by atoms with E-state index < -0.39 is 5.91 Å². The van der Waals surface area contributed by atoms with E-state index in [2.05, 4.69) is 20.5 Å². The average Bonchev–Trinajstić information content (AvgIpc) is 2.99. The van der Waals surface area contributed by atoms with Gasteiger partial charge in [0, 0.05) is 23.2 Å². The van der Waals surface area contributed by atoms with Crippen molar-refractivity contribution in [3.8, 4) is 11.1 Å². The van der Waals surface area contributed by atoms with Gasteiger partial charge in [-0.25, -0.2) is 4.98 Å². The van der Waals surface area contributed by atoms with Gasteiger partial charge in [-0.3, -0.25) is 9.89 Å². The highest BCUT2D eigenvalue weighted by molar-refractivity contribution is 6.01. The molecule has 4 N–H and O–H groups in total. The van der Waals surface area contributed by atoms with Gasteiger partial charge in [-0.1, -0.05) is 6.07 Å². The van der Waals surface area contributed by atoms with E-state index in [9.17, 15) is 4.79 Å². The van der Waals surface area contributed by atoms with Gasteiger partial charge >= 0.3 is 0 Å². The smallest absolute Gasteiger partial charge is 0.252 e. The molecule has 2 aromatic heterocycles. The Bertz CT molecular complexity index is 824. The van der Waals surface area contributed by atoms with Gasteiger partial charge in [0.25, 0.3) is 5.91 Å². The van der Waals surface area contributed by atoms with Gasteiger partial charge in [0.05, 0.1) is 17.3 Å². The summed E-state index contributed by atoms with van der Waals surface area (Å²) < 4.78 is 0. The van der Waals surface area contributed by atoms with Crippen molar-refractivity contribution in [2.75, 3.05) is 5.32 Å². The number of nitrogens with two attached hydrogens (primary N) is 1. The topological polar surface area (TPSA) is 96.7 Å². The predicted octanol–water partition coefficient (Wildman–Crippen LogP) is 2.54. The molecule has 0 radical (unpaired) electrons. The lowest BCUT2D eigenvalue weighted by Crippen LogP contribution is -2.19. The number of pyridine rings is 1. The maximum absolute atomic E-state index is 11.7. The van der Waals surface area contributed by atoms with E-state index in [1.807, 2.05) is 38.2 Å². The molecule has 0 fully saturated rings. The molecule has 0 atom stereocenters. The van der Waals surface area contributed by atoms with Crippen LogP contribution in [0.15, 0.2) is 36.7 Å². The third-order valence-electron chi connectivity index (χ3n) is 3.34. The Morgan fingerprint density at radius 2 is 2.09 bits per heavy atom. The van der Waals surface area contributed by atoms with E-state index in [4.69, 9.17) is 5.73 Å². The van der Waals surface area contributed by atoms with Gasteiger partial charge in [-0.2, -0.15) is 5.10 Å². The zero-order chi connectivity index (χ0) is 15.7. The first-order valence-corrected chi connectivity index (χ1v) is 7.05. The van der Waals surface area contributed by atoms with Gasteiger partial charge in [0.2, 0.25) is 0 Å². The zero-order valence-electron chi connectivity index (χ0n) is 12.4. The number of hydrogen-bond acceptors (Lipinski definition) is 4. The maximum atomic E-state index is 11.7. The number of nitrogens with zero attached hydrogens (tertiary/aromatic N) is 2. The van der Waals surface area contributed by atoms with Gasteiger partial charge < -0.3 is 11.1 Å². The van der Waals surface area contributed by atoms with Crippen molar-refractivity contribution in [3.05, 3.63) is 42.2 Å². The number of H-pyrrole nitrogens is 1. The Kier molecular flexibility index (Phi) is 3.50. The van der Waals surface area contributed by atoms with E-state index in [-0.39, 0.29) is 6.04 Å². The molecule has 22 heavy (non-hydrogen) atoms.